The first-order chi connectivity index (χ1) is 20.0. The summed E-state index contributed by atoms with van der Waals surface area (Å²) in [7, 11) is 0. The summed E-state index contributed by atoms with van der Waals surface area (Å²) in [5.74, 6) is 4.54. The minimum Gasteiger partial charge on any atom is -0.461 e. The molecule has 0 heterocycles. The van der Waals surface area contributed by atoms with E-state index in [4.69, 9.17) is 16.2 Å². The van der Waals surface area contributed by atoms with Crippen molar-refractivity contribution in [2.24, 2.45) is 57.8 Å². The Morgan fingerprint density at radius 2 is 1.74 bits per heavy atom. The van der Waals surface area contributed by atoms with Gasteiger partial charge in [0, 0.05) is 25.9 Å². The van der Waals surface area contributed by atoms with Crippen molar-refractivity contribution in [2.75, 3.05) is 19.6 Å². The van der Waals surface area contributed by atoms with Gasteiger partial charge in [0.05, 0.1) is 0 Å². The minimum absolute atomic E-state index is 0.101. The Kier molecular flexibility index (Phi) is 11.3. The summed E-state index contributed by atoms with van der Waals surface area (Å²) in [5.41, 5.74) is 13.6. The summed E-state index contributed by atoms with van der Waals surface area (Å²) < 4.78 is 6.11. The Morgan fingerprint density at radius 1 is 0.976 bits per heavy atom. The number of esters is 1. The first kappa shape index (κ1) is 33.5. The maximum atomic E-state index is 13.2. The van der Waals surface area contributed by atoms with Gasteiger partial charge in [0.15, 0.2) is 0 Å². The summed E-state index contributed by atoms with van der Waals surface area (Å²) >= 11 is 0. The molecule has 6 nitrogen and oxygen atoms in total. The fourth-order valence-corrected chi connectivity index (χ4v) is 10.2. The van der Waals surface area contributed by atoms with E-state index in [1.165, 1.54) is 56.9 Å². The van der Waals surface area contributed by atoms with Crippen molar-refractivity contribution in [1.82, 2.24) is 4.90 Å². The zero-order valence-corrected chi connectivity index (χ0v) is 27.8. The molecule has 0 radical (unpaired) electrons. The number of nitrogens with two attached hydrogens (primary N) is 2. The predicted molar refractivity (Wildman–Crippen MR) is 171 cm³/mol. The number of carbonyl (C=O) groups is 2. The molecule has 4 rings (SSSR count). The molecule has 0 spiro atoms. The average Bonchev–Trinajstić information content (AvgIpc) is 3.30. The second-order valence-electron chi connectivity index (χ2n) is 15.5. The third-order valence-electron chi connectivity index (χ3n) is 12.6. The van der Waals surface area contributed by atoms with Gasteiger partial charge in [-0.15, -0.1) is 0 Å². The van der Waals surface area contributed by atoms with Gasteiger partial charge in [0.1, 0.15) is 12.1 Å². The van der Waals surface area contributed by atoms with Crippen LogP contribution in [0.2, 0.25) is 0 Å². The standard InChI is InChI=1S/C36H63N3O3/c1-24(2)9-7-10-25(3)30-13-14-31-29-12-11-27-23-28(15-18-35(27,5)32(29)16-19-36(30,31)6)42-34(41)26(4)39(22-8-20-37)33(40)17-21-38/h11,24-26,28-32H,7-10,12-23,37-38H2,1-6H3/t25-,26+,28?,29?,30-,31?,32?,35+,36-/m1/s1. The molecule has 1 amide bonds. The second kappa shape index (κ2) is 14.1. The smallest absolute Gasteiger partial charge is 0.328 e. The van der Waals surface area contributed by atoms with Crippen LogP contribution in [0.5, 0.6) is 0 Å². The molecule has 0 bridgehead atoms. The van der Waals surface area contributed by atoms with Crippen molar-refractivity contribution >= 4 is 11.9 Å². The van der Waals surface area contributed by atoms with E-state index in [0.29, 0.717) is 24.9 Å². The predicted octanol–water partition coefficient (Wildman–Crippen LogP) is 6.85. The number of hydrogen-bond acceptors (Lipinski definition) is 5. The lowest BCUT2D eigenvalue weighted by molar-refractivity contribution is -0.161. The molecule has 4 unspecified atom stereocenters. The number of carbonyl (C=O) groups excluding carboxylic acids is 2. The highest BCUT2D eigenvalue weighted by Gasteiger charge is 2.59. The lowest BCUT2D eigenvalue weighted by Gasteiger charge is -2.58. The van der Waals surface area contributed by atoms with Crippen LogP contribution in [0.4, 0.5) is 0 Å². The van der Waals surface area contributed by atoms with Gasteiger partial charge >= 0.3 is 5.97 Å². The van der Waals surface area contributed by atoms with E-state index >= 15 is 0 Å². The number of ether oxygens (including phenoxy) is 1. The topological polar surface area (TPSA) is 98.6 Å². The maximum absolute atomic E-state index is 13.2. The quantitative estimate of drug-likeness (QED) is 0.182. The lowest BCUT2D eigenvalue weighted by atomic mass is 9.47. The van der Waals surface area contributed by atoms with Gasteiger partial charge in [-0.3, -0.25) is 4.79 Å². The van der Waals surface area contributed by atoms with Gasteiger partial charge in [0.2, 0.25) is 5.91 Å². The molecule has 0 aromatic rings. The molecular formula is C36H63N3O3. The Bertz CT molecular complexity index is 965. The van der Waals surface area contributed by atoms with Gasteiger partial charge < -0.3 is 21.1 Å². The van der Waals surface area contributed by atoms with Crippen LogP contribution in [0.15, 0.2) is 11.6 Å². The van der Waals surface area contributed by atoms with E-state index in [1.807, 2.05) is 0 Å². The van der Waals surface area contributed by atoms with Crippen LogP contribution < -0.4 is 11.5 Å². The van der Waals surface area contributed by atoms with Crippen LogP contribution in [-0.2, 0) is 14.3 Å². The van der Waals surface area contributed by atoms with Crippen molar-refractivity contribution in [1.29, 1.82) is 0 Å². The highest BCUT2D eigenvalue weighted by atomic mass is 16.5. The highest BCUT2D eigenvalue weighted by Crippen LogP contribution is 2.67. The molecular weight excluding hydrogens is 522 g/mol. The first-order valence-corrected chi connectivity index (χ1v) is 17.6. The Hall–Kier alpha value is -1.40. The summed E-state index contributed by atoms with van der Waals surface area (Å²) in [6.45, 7) is 15.4. The number of nitrogens with zero attached hydrogens (tertiary/aromatic N) is 1. The van der Waals surface area contributed by atoms with E-state index in [9.17, 15) is 9.59 Å². The number of amides is 1. The summed E-state index contributed by atoms with van der Waals surface area (Å²) in [6.07, 6.45) is 17.1. The molecule has 3 saturated carbocycles. The van der Waals surface area contributed by atoms with Crippen LogP contribution in [0.3, 0.4) is 0 Å². The van der Waals surface area contributed by atoms with Crippen molar-refractivity contribution in [3.8, 4) is 0 Å². The van der Waals surface area contributed by atoms with E-state index in [-0.39, 0.29) is 36.4 Å². The van der Waals surface area contributed by atoms with Crippen LogP contribution in [0, 0.1) is 46.3 Å². The molecule has 6 heteroatoms. The van der Waals surface area contributed by atoms with Gasteiger partial charge in [0.25, 0.3) is 0 Å². The molecule has 0 aromatic heterocycles. The van der Waals surface area contributed by atoms with Crippen molar-refractivity contribution in [3.63, 3.8) is 0 Å². The van der Waals surface area contributed by atoms with E-state index in [1.54, 1.807) is 11.8 Å². The van der Waals surface area contributed by atoms with E-state index in [0.717, 1.165) is 54.8 Å². The molecule has 0 aromatic carbocycles. The van der Waals surface area contributed by atoms with Gasteiger partial charge in [-0.25, -0.2) is 4.79 Å². The van der Waals surface area contributed by atoms with E-state index < -0.39 is 6.04 Å². The zero-order chi connectivity index (χ0) is 30.7. The fourth-order valence-electron chi connectivity index (χ4n) is 10.2. The second-order valence-corrected chi connectivity index (χ2v) is 15.5. The van der Waals surface area contributed by atoms with Gasteiger partial charge in [-0.05, 0) is 111 Å². The Balaban J connectivity index is 1.39. The largest absolute Gasteiger partial charge is 0.461 e. The van der Waals surface area contributed by atoms with Gasteiger partial charge in [-0.2, -0.15) is 0 Å². The Labute approximate surface area is 257 Å². The average molecular weight is 586 g/mol. The third-order valence-corrected chi connectivity index (χ3v) is 12.6. The van der Waals surface area contributed by atoms with Crippen LogP contribution in [0.25, 0.3) is 0 Å². The van der Waals surface area contributed by atoms with Gasteiger partial charge in [-0.1, -0.05) is 65.5 Å². The minimum atomic E-state index is -0.618. The van der Waals surface area contributed by atoms with Crippen LogP contribution in [-0.4, -0.2) is 48.6 Å². The number of fused-ring (bicyclic) bond motifs is 5. The van der Waals surface area contributed by atoms with E-state index in [2.05, 4.69) is 40.7 Å². The summed E-state index contributed by atoms with van der Waals surface area (Å²) in [6, 6.07) is -0.618. The lowest BCUT2D eigenvalue weighted by Crippen LogP contribution is -2.51. The monoisotopic (exact) mass is 585 g/mol. The molecule has 3 fully saturated rings. The molecule has 42 heavy (non-hydrogen) atoms. The molecule has 0 aliphatic heterocycles. The fraction of sp³-hybridized carbons (Fsp3) is 0.889. The number of rotatable bonds is 13. The van der Waals surface area contributed by atoms with Crippen LogP contribution >= 0.6 is 0 Å². The number of hydrogen-bond donors (Lipinski definition) is 2. The normalized spacial score (nSPS) is 35.5. The molecule has 4 N–H and O–H groups in total. The third kappa shape index (κ3) is 6.80. The molecule has 4 aliphatic carbocycles. The summed E-state index contributed by atoms with van der Waals surface area (Å²) in [5, 5.41) is 0. The maximum Gasteiger partial charge on any atom is 0.328 e. The summed E-state index contributed by atoms with van der Waals surface area (Å²) in [4.78, 5) is 27.5. The number of allylic oxidation sites excluding steroid dienone is 1. The molecule has 9 atom stereocenters. The molecule has 4 aliphatic rings. The van der Waals surface area contributed by atoms with Crippen LogP contribution in [0.1, 0.15) is 125 Å². The molecule has 240 valence electrons. The Morgan fingerprint density at radius 3 is 2.43 bits per heavy atom. The van der Waals surface area contributed by atoms with Crippen molar-refractivity contribution in [3.05, 3.63) is 11.6 Å². The first-order valence-electron chi connectivity index (χ1n) is 17.6. The highest BCUT2D eigenvalue weighted by molar-refractivity contribution is 5.84. The van der Waals surface area contributed by atoms with Crippen molar-refractivity contribution in [2.45, 2.75) is 137 Å². The SMILES string of the molecule is CC(C)CCC[C@@H](C)[C@H]1CCC2C3CC=C4CC(OC(=O)[C@H](C)N(CCCN)C(=O)CCN)CC[C@]4(C)C3CC[C@@]21C. The molecule has 0 saturated heterocycles. The van der Waals surface area contributed by atoms with Crippen molar-refractivity contribution < 1.29 is 14.3 Å². The zero-order valence-electron chi connectivity index (χ0n) is 27.8.